The SMILES string of the molecule is CCC(CC)N(CCOC)c1c(F)cccc1C(C)NC. The van der Waals surface area contributed by atoms with Crippen LogP contribution in [-0.2, 0) is 4.74 Å². The molecule has 0 heterocycles. The number of ether oxygens (including phenoxy) is 1. The van der Waals surface area contributed by atoms with E-state index in [1.54, 1.807) is 19.2 Å². The van der Waals surface area contributed by atoms with Crippen LogP contribution in [0.1, 0.15) is 45.2 Å². The van der Waals surface area contributed by atoms with Crippen LogP contribution < -0.4 is 10.2 Å². The van der Waals surface area contributed by atoms with Crippen molar-refractivity contribution in [3.63, 3.8) is 0 Å². The highest BCUT2D eigenvalue weighted by Gasteiger charge is 2.23. The normalized spacial score (nSPS) is 12.7. The molecule has 1 aromatic carbocycles. The Morgan fingerprint density at radius 2 is 1.95 bits per heavy atom. The maximum atomic E-state index is 14.5. The molecular formula is C17H29FN2O. The molecule has 4 heteroatoms. The zero-order valence-corrected chi connectivity index (χ0v) is 13.9. The van der Waals surface area contributed by atoms with Gasteiger partial charge in [0.15, 0.2) is 0 Å². The van der Waals surface area contributed by atoms with Crippen molar-refractivity contribution in [3.05, 3.63) is 29.6 Å². The van der Waals surface area contributed by atoms with E-state index in [9.17, 15) is 4.39 Å². The number of para-hydroxylation sites is 1. The molecule has 0 saturated carbocycles. The van der Waals surface area contributed by atoms with Gasteiger partial charge in [-0.1, -0.05) is 26.0 Å². The molecule has 0 saturated heterocycles. The molecule has 0 aromatic heterocycles. The van der Waals surface area contributed by atoms with E-state index in [1.165, 1.54) is 0 Å². The van der Waals surface area contributed by atoms with Crippen LogP contribution >= 0.6 is 0 Å². The van der Waals surface area contributed by atoms with Crippen molar-refractivity contribution in [1.29, 1.82) is 0 Å². The number of rotatable bonds is 9. The van der Waals surface area contributed by atoms with Crippen LogP contribution in [0.2, 0.25) is 0 Å². The molecule has 0 amide bonds. The lowest BCUT2D eigenvalue weighted by Crippen LogP contribution is -2.39. The van der Waals surface area contributed by atoms with E-state index in [4.69, 9.17) is 4.74 Å². The third-order valence-corrected chi connectivity index (χ3v) is 4.12. The summed E-state index contributed by atoms with van der Waals surface area (Å²) in [6, 6.07) is 5.75. The van der Waals surface area contributed by atoms with Gasteiger partial charge in [0.05, 0.1) is 12.3 Å². The fourth-order valence-corrected chi connectivity index (χ4v) is 2.74. The quantitative estimate of drug-likeness (QED) is 0.751. The highest BCUT2D eigenvalue weighted by molar-refractivity contribution is 5.57. The fraction of sp³-hybridized carbons (Fsp3) is 0.647. The van der Waals surface area contributed by atoms with Gasteiger partial charge in [-0.05, 0) is 38.4 Å². The molecule has 0 aliphatic heterocycles. The standard InChI is InChI=1S/C17H29FN2O/c1-6-14(7-2)20(11-12-21-5)17-15(13(3)19-4)9-8-10-16(17)18/h8-10,13-14,19H,6-7,11-12H2,1-5H3. The van der Waals surface area contributed by atoms with E-state index < -0.39 is 0 Å². The summed E-state index contributed by atoms with van der Waals surface area (Å²) in [4.78, 5) is 2.17. The van der Waals surface area contributed by atoms with E-state index in [-0.39, 0.29) is 11.9 Å². The number of methoxy groups -OCH3 is 1. The molecule has 1 N–H and O–H groups in total. The third kappa shape index (κ3) is 4.42. The summed E-state index contributed by atoms with van der Waals surface area (Å²) in [6.45, 7) is 7.65. The average molecular weight is 296 g/mol. The molecule has 1 rings (SSSR count). The van der Waals surface area contributed by atoms with Crippen LogP contribution in [-0.4, -0.2) is 33.4 Å². The van der Waals surface area contributed by atoms with Gasteiger partial charge >= 0.3 is 0 Å². The highest BCUT2D eigenvalue weighted by Crippen LogP contribution is 2.31. The van der Waals surface area contributed by atoms with Crippen molar-refractivity contribution in [1.82, 2.24) is 5.32 Å². The average Bonchev–Trinajstić information content (AvgIpc) is 2.51. The number of anilines is 1. The molecular weight excluding hydrogens is 267 g/mol. The first-order chi connectivity index (χ1) is 10.1. The summed E-state index contributed by atoms with van der Waals surface area (Å²) in [7, 11) is 3.58. The van der Waals surface area contributed by atoms with Gasteiger partial charge in [-0.2, -0.15) is 0 Å². The minimum atomic E-state index is -0.155. The number of nitrogens with zero attached hydrogens (tertiary/aromatic N) is 1. The van der Waals surface area contributed by atoms with Crippen molar-refractivity contribution in [3.8, 4) is 0 Å². The Hall–Kier alpha value is -1.13. The number of benzene rings is 1. The van der Waals surface area contributed by atoms with Crippen molar-refractivity contribution >= 4 is 5.69 Å². The monoisotopic (exact) mass is 296 g/mol. The lowest BCUT2D eigenvalue weighted by atomic mass is 10.0. The van der Waals surface area contributed by atoms with Gasteiger partial charge < -0.3 is 15.0 Å². The van der Waals surface area contributed by atoms with E-state index in [0.717, 1.165) is 18.4 Å². The van der Waals surface area contributed by atoms with Gasteiger partial charge in [0.2, 0.25) is 0 Å². The van der Waals surface area contributed by atoms with Crippen LogP contribution in [0.15, 0.2) is 18.2 Å². The molecule has 21 heavy (non-hydrogen) atoms. The smallest absolute Gasteiger partial charge is 0.146 e. The largest absolute Gasteiger partial charge is 0.383 e. The maximum Gasteiger partial charge on any atom is 0.146 e. The first-order valence-electron chi connectivity index (χ1n) is 7.81. The molecule has 0 fully saturated rings. The topological polar surface area (TPSA) is 24.5 Å². The Bertz CT molecular complexity index is 421. The molecule has 1 unspecified atom stereocenters. The van der Waals surface area contributed by atoms with Crippen molar-refractivity contribution in [2.45, 2.75) is 45.7 Å². The van der Waals surface area contributed by atoms with Crippen LogP contribution in [0.4, 0.5) is 10.1 Å². The molecule has 3 nitrogen and oxygen atoms in total. The van der Waals surface area contributed by atoms with Gasteiger partial charge in [0.25, 0.3) is 0 Å². The third-order valence-electron chi connectivity index (χ3n) is 4.12. The van der Waals surface area contributed by atoms with E-state index in [1.807, 2.05) is 13.1 Å². The van der Waals surface area contributed by atoms with Gasteiger partial charge in [0.1, 0.15) is 5.82 Å². The van der Waals surface area contributed by atoms with Crippen LogP contribution in [0.5, 0.6) is 0 Å². The molecule has 120 valence electrons. The summed E-state index contributed by atoms with van der Waals surface area (Å²) in [5.41, 5.74) is 1.71. The van der Waals surface area contributed by atoms with Crippen LogP contribution in [0.3, 0.4) is 0 Å². The summed E-state index contributed by atoms with van der Waals surface area (Å²) in [5.74, 6) is -0.155. The van der Waals surface area contributed by atoms with E-state index >= 15 is 0 Å². The summed E-state index contributed by atoms with van der Waals surface area (Å²) < 4.78 is 19.8. The zero-order chi connectivity index (χ0) is 15.8. The van der Waals surface area contributed by atoms with E-state index in [0.29, 0.717) is 24.9 Å². The number of halogens is 1. The predicted octanol–water partition coefficient (Wildman–Crippen LogP) is 3.75. The van der Waals surface area contributed by atoms with Crippen molar-refractivity contribution in [2.75, 3.05) is 32.2 Å². The first-order valence-corrected chi connectivity index (χ1v) is 7.81. The second kappa shape index (κ2) is 9.00. The van der Waals surface area contributed by atoms with Crippen LogP contribution in [0.25, 0.3) is 0 Å². The Labute approximate surface area is 128 Å². The Morgan fingerprint density at radius 3 is 2.48 bits per heavy atom. The molecule has 0 spiro atoms. The van der Waals surface area contributed by atoms with Gasteiger partial charge in [0, 0.05) is 25.7 Å². The molecule has 0 aliphatic rings. The van der Waals surface area contributed by atoms with Gasteiger partial charge in [-0.15, -0.1) is 0 Å². The second-order valence-corrected chi connectivity index (χ2v) is 5.34. The maximum absolute atomic E-state index is 14.5. The minimum absolute atomic E-state index is 0.107. The molecule has 1 atom stereocenters. The highest BCUT2D eigenvalue weighted by atomic mass is 19.1. The van der Waals surface area contributed by atoms with Crippen molar-refractivity contribution < 1.29 is 9.13 Å². The Balaban J connectivity index is 3.27. The molecule has 1 aromatic rings. The summed E-state index contributed by atoms with van der Waals surface area (Å²) >= 11 is 0. The molecule has 0 radical (unpaired) electrons. The number of hydrogen-bond donors (Lipinski definition) is 1. The Morgan fingerprint density at radius 1 is 1.29 bits per heavy atom. The fourth-order valence-electron chi connectivity index (χ4n) is 2.74. The number of nitrogens with one attached hydrogen (secondary N) is 1. The number of hydrogen-bond acceptors (Lipinski definition) is 3. The predicted molar refractivity (Wildman–Crippen MR) is 87.5 cm³/mol. The molecule has 0 aliphatic carbocycles. The second-order valence-electron chi connectivity index (χ2n) is 5.34. The summed E-state index contributed by atoms with van der Waals surface area (Å²) in [5, 5.41) is 3.21. The molecule has 0 bridgehead atoms. The lowest BCUT2D eigenvalue weighted by Gasteiger charge is -2.35. The van der Waals surface area contributed by atoms with Crippen molar-refractivity contribution in [2.24, 2.45) is 0 Å². The van der Waals surface area contributed by atoms with Gasteiger partial charge in [-0.25, -0.2) is 4.39 Å². The van der Waals surface area contributed by atoms with Crippen LogP contribution in [0, 0.1) is 5.82 Å². The lowest BCUT2D eigenvalue weighted by molar-refractivity contribution is 0.202. The first kappa shape index (κ1) is 17.9. The summed E-state index contributed by atoms with van der Waals surface area (Å²) in [6.07, 6.45) is 1.98. The Kier molecular flexibility index (Phi) is 7.68. The zero-order valence-electron chi connectivity index (χ0n) is 13.9. The minimum Gasteiger partial charge on any atom is -0.383 e. The van der Waals surface area contributed by atoms with Gasteiger partial charge in [-0.3, -0.25) is 0 Å². The van der Waals surface area contributed by atoms with E-state index in [2.05, 4.69) is 31.0 Å².